The van der Waals surface area contributed by atoms with Gasteiger partial charge in [0.25, 0.3) is 0 Å². The predicted molar refractivity (Wildman–Crippen MR) is 282 cm³/mol. The highest BCUT2D eigenvalue weighted by Crippen LogP contribution is 2.16. The van der Waals surface area contributed by atoms with Crippen LogP contribution in [0.1, 0.15) is 290 Å². The van der Waals surface area contributed by atoms with Crippen molar-refractivity contribution in [2.24, 2.45) is 0 Å². The van der Waals surface area contributed by atoms with Crippen molar-refractivity contribution >= 4 is 11.9 Å². The average molecular weight is 913 g/mol. The van der Waals surface area contributed by atoms with E-state index < -0.39 is 12.1 Å². The minimum atomic E-state index is -0.860. The molecule has 3 N–H and O–H groups in total. The van der Waals surface area contributed by atoms with Gasteiger partial charge in [-0.05, 0) is 89.9 Å². The molecule has 0 fully saturated rings. The number of rotatable bonds is 52. The SMILES string of the molecule is CCCCCC/C=C\CCCCCCCC(=O)OCCCCC/C=C\C=C/CCCCCCCCC(=O)NC(CO)C(O)/C=C/CCCCCCCCCCCCCCCCCCCC. The lowest BCUT2D eigenvalue weighted by Gasteiger charge is -2.20. The zero-order chi connectivity index (χ0) is 47.2. The van der Waals surface area contributed by atoms with Crippen molar-refractivity contribution < 1.29 is 24.5 Å². The molecule has 0 saturated carbocycles. The molecule has 0 bridgehead atoms. The Morgan fingerprint density at radius 1 is 0.431 bits per heavy atom. The molecule has 0 aromatic heterocycles. The van der Waals surface area contributed by atoms with Crippen molar-refractivity contribution in [2.75, 3.05) is 13.2 Å². The Balaban J connectivity index is 3.57. The van der Waals surface area contributed by atoms with Crippen LogP contribution in [0.2, 0.25) is 0 Å². The second kappa shape index (κ2) is 54.4. The summed E-state index contributed by atoms with van der Waals surface area (Å²) in [7, 11) is 0. The second-order valence-corrected chi connectivity index (χ2v) is 19.3. The van der Waals surface area contributed by atoms with Crippen LogP contribution in [0.25, 0.3) is 0 Å². The number of hydrogen-bond acceptors (Lipinski definition) is 5. The molecule has 0 rings (SSSR count). The molecule has 6 heteroatoms. The fraction of sp³-hybridized carbons (Fsp3) is 0.831. The number of aliphatic hydroxyl groups is 2. The van der Waals surface area contributed by atoms with Crippen molar-refractivity contribution in [3.8, 4) is 0 Å². The normalized spacial score (nSPS) is 13.0. The summed E-state index contributed by atoms with van der Waals surface area (Å²) >= 11 is 0. The van der Waals surface area contributed by atoms with Gasteiger partial charge in [-0.2, -0.15) is 0 Å². The van der Waals surface area contributed by atoms with Crippen LogP contribution in [-0.2, 0) is 14.3 Å². The standard InChI is InChI=1S/C59H109NO5/c1-3-5-7-9-11-13-15-17-18-19-20-21-22-24-28-31-35-39-43-47-51-57(62)56(55-61)60-58(63)52-48-44-40-36-32-29-25-23-26-30-34-38-42-46-50-54-65-59(64)53-49-45-41-37-33-27-16-14-12-10-8-6-4-2/h14,16,23,26,30,34,47,51,56-57,61-62H,3-13,15,17-22,24-25,27-29,31-33,35-46,48-50,52-55H2,1-2H3,(H,60,63)/b16-14-,26-23-,34-30-,51-47+. The van der Waals surface area contributed by atoms with Crippen LogP contribution in [0.5, 0.6) is 0 Å². The molecule has 0 radical (unpaired) electrons. The summed E-state index contributed by atoms with van der Waals surface area (Å²) in [5.41, 5.74) is 0. The summed E-state index contributed by atoms with van der Waals surface area (Å²) in [6, 6.07) is -0.646. The molecule has 0 aliphatic carbocycles. The fourth-order valence-electron chi connectivity index (χ4n) is 8.44. The van der Waals surface area contributed by atoms with Gasteiger partial charge in [-0.25, -0.2) is 0 Å². The third-order valence-electron chi connectivity index (χ3n) is 12.8. The molecule has 0 saturated heterocycles. The van der Waals surface area contributed by atoms with E-state index in [1.165, 1.54) is 186 Å². The highest BCUT2D eigenvalue weighted by molar-refractivity contribution is 5.76. The fourth-order valence-corrected chi connectivity index (χ4v) is 8.44. The maximum Gasteiger partial charge on any atom is 0.305 e. The third-order valence-corrected chi connectivity index (χ3v) is 12.8. The molecule has 0 aliphatic heterocycles. The van der Waals surface area contributed by atoms with Crippen molar-refractivity contribution in [3.05, 3.63) is 48.6 Å². The van der Waals surface area contributed by atoms with Gasteiger partial charge in [-0.15, -0.1) is 0 Å². The van der Waals surface area contributed by atoms with Crippen molar-refractivity contribution in [3.63, 3.8) is 0 Å². The maximum absolute atomic E-state index is 12.5. The molecule has 1 amide bonds. The van der Waals surface area contributed by atoms with E-state index in [1.807, 2.05) is 6.08 Å². The molecule has 0 aromatic carbocycles. The van der Waals surface area contributed by atoms with E-state index in [0.717, 1.165) is 77.0 Å². The van der Waals surface area contributed by atoms with Gasteiger partial charge in [-0.1, -0.05) is 236 Å². The minimum absolute atomic E-state index is 0.0325. The van der Waals surface area contributed by atoms with E-state index in [0.29, 0.717) is 19.4 Å². The molecule has 0 aromatic rings. The molecule has 0 spiro atoms. The van der Waals surface area contributed by atoms with E-state index in [2.05, 4.69) is 55.6 Å². The largest absolute Gasteiger partial charge is 0.466 e. The molecule has 0 aliphatic rings. The number of carbonyl (C=O) groups excluding carboxylic acids is 2. The minimum Gasteiger partial charge on any atom is -0.466 e. The van der Waals surface area contributed by atoms with Crippen molar-refractivity contribution in [1.82, 2.24) is 5.32 Å². The second-order valence-electron chi connectivity index (χ2n) is 19.3. The number of aliphatic hydroxyl groups excluding tert-OH is 2. The summed E-state index contributed by atoms with van der Waals surface area (Å²) in [6.07, 6.45) is 68.4. The maximum atomic E-state index is 12.5. The van der Waals surface area contributed by atoms with E-state index in [1.54, 1.807) is 6.08 Å². The van der Waals surface area contributed by atoms with E-state index in [-0.39, 0.29) is 18.5 Å². The first-order chi connectivity index (χ1) is 32.0. The van der Waals surface area contributed by atoms with Crippen LogP contribution in [-0.4, -0.2) is 47.4 Å². The van der Waals surface area contributed by atoms with Gasteiger partial charge >= 0.3 is 5.97 Å². The summed E-state index contributed by atoms with van der Waals surface area (Å²) in [5, 5.41) is 23.1. The number of unbranched alkanes of at least 4 members (excludes halogenated alkanes) is 36. The van der Waals surface area contributed by atoms with E-state index in [9.17, 15) is 19.8 Å². The summed E-state index contributed by atoms with van der Waals surface area (Å²) in [4.78, 5) is 24.5. The number of esters is 1. The summed E-state index contributed by atoms with van der Waals surface area (Å²) in [6.45, 7) is 4.83. The first-order valence-corrected chi connectivity index (χ1v) is 28.4. The Labute approximate surface area is 404 Å². The lowest BCUT2D eigenvalue weighted by Crippen LogP contribution is -2.45. The Morgan fingerprint density at radius 3 is 1.20 bits per heavy atom. The molecule has 380 valence electrons. The highest BCUT2D eigenvalue weighted by Gasteiger charge is 2.18. The molecular formula is C59H109NO5. The lowest BCUT2D eigenvalue weighted by molar-refractivity contribution is -0.143. The third kappa shape index (κ3) is 51.1. The predicted octanol–water partition coefficient (Wildman–Crippen LogP) is 17.4. The van der Waals surface area contributed by atoms with Gasteiger partial charge in [0.15, 0.2) is 0 Å². The molecule has 2 unspecified atom stereocenters. The van der Waals surface area contributed by atoms with Crippen LogP contribution < -0.4 is 5.32 Å². The smallest absolute Gasteiger partial charge is 0.305 e. The zero-order valence-corrected chi connectivity index (χ0v) is 43.2. The first-order valence-electron chi connectivity index (χ1n) is 28.4. The topological polar surface area (TPSA) is 95.9 Å². The van der Waals surface area contributed by atoms with Gasteiger partial charge in [-0.3, -0.25) is 9.59 Å². The number of nitrogens with one attached hydrogen (secondary N) is 1. The quantitative estimate of drug-likeness (QED) is 0.0245. The van der Waals surface area contributed by atoms with Gasteiger partial charge in [0.05, 0.1) is 25.4 Å². The van der Waals surface area contributed by atoms with E-state index >= 15 is 0 Å². The molecule has 2 atom stereocenters. The van der Waals surface area contributed by atoms with Crippen molar-refractivity contribution in [2.45, 2.75) is 302 Å². The summed E-state index contributed by atoms with van der Waals surface area (Å²) < 4.78 is 5.43. The van der Waals surface area contributed by atoms with Gasteiger partial charge in [0, 0.05) is 12.8 Å². The summed E-state index contributed by atoms with van der Waals surface area (Å²) in [5.74, 6) is -0.122. The number of amides is 1. The molecular weight excluding hydrogens is 803 g/mol. The Bertz CT molecular complexity index is 1100. The molecule has 0 heterocycles. The molecule has 6 nitrogen and oxygen atoms in total. The Morgan fingerprint density at radius 2 is 0.769 bits per heavy atom. The van der Waals surface area contributed by atoms with Gasteiger partial charge < -0.3 is 20.3 Å². The molecule has 65 heavy (non-hydrogen) atoms. The van der Waals surface area contributed by atoms with Crippen LogP contribution in [0.15, 0.2) is 48.6 Å². The average Bonchev–Trinajstić information content (AvgIpc) is 3.31. The van der Waals surface area contributed by atoms with Crippen LogP contribution in [0.3, 0.4) is 0 Å². The van der Waals surface area contributed by atoms with Crippen LogP contribution in [0, 0.1) is 0 Å². The van der Waals surface area contributed by atoms with Gasteiger partial charge in [0.2, 0.25) is 5.91 Å². The van der Waals surface area contributed by atoms with Crippen molar-refractivity contribution in [1.29, 1.82) is 0 Å². The van der Waals surface area contributed by atoms with E-state index in [4.69, 9.17) is 4.74 Å². The Hall–Kier alpha value is -2.18. The zero-order valence-electron chi connectivity index (χ0n) is 43.2. The number of allylic oxidation sites excluding steroid dienone is 7. The monoisotopic (exact) mass is 912 g/mol. The number of ether oxygens (including phenoxy) is 1. The lowest BCUT2D eigenvalue weighted by atomic mass is 10.0. The van der Waals surface area contributed by atoms with Gasteiger partial charge in [0.1, 0.15) is 0 Å². The Kier molecular flexibility index (Phi) is 52.6. The van der Waals surface area contributed by atoms with Crippen LogP contribution in [0.4, 0.5) is 0 Å². The van der Waals surface area contributed by atoms with Crippen LogP contribution >= 0.6 is 0 Å². The first kappa shape index (κ1) is 62.8. The highest BCUT2D eigenvalue weighted by atomic mass is 16.5. The number of hydrogen-bond donors (Lipinski definition) is 3. The number of carbonyl (C=O) groups is 2.